The number of halogens is 1. The van der Waals surface area contributed by atoms with Crippen molar-refractivity contribution < 1.29 is 14.5 Å². The van der Waals surface area contributed by atoms with Crippen molar-refractivity contribution >= 4 is 27.5 Å². The number of alkyl halides is 1. The number of nitro benzene ring substituents is 1. The van der Waals surface area contributed by atoms with Gasteiger partial charge in [-0.05, 0) is 6.07 Å². The van der Waals surface area contributed by atoms with E-state index in [1.54, 1.807) is 0 Å². The van der Waals surface area contributed by atoms with Crippen molar-refractivity contribution in [2.45, 2.75) is 6.04 Å². The summed E-state index contributed by atoms with van der Waals surface area (Å²) in [5.41, 5.74) is 0.149. The highest BCUT2D eigenvalue weighted by Gasteiger charge is 2.15. The first-order chi connectivity index (χ1) is 8.58. The monoisotopic (exact) mass is 316 g/mol. The molecule has 1 atom stereocenters. The van der Waals surface area contributed by atoms with Gasteiger partial charge in [-0.1, -0.05) is 22.0 Å². The van der Waals surface area contributed by atoms with Gasteiger partial charge in [0.05, 0.1) is 17.6 Å². The van der Waals surface area contributed by atoms with Gasteiger partial charge < -0.3 is 10.1 Å². The Labute approximate surface area is 113 Å². The molecule has 0 radical (unpaired) electrons. The number of benzene rings is 1. The molecule has 0 bridgehead atoms. The SMILES string of the molecule is COCC(CBr)NC(=O)c1cccc([N+](=O)[O-])c1. The molecule has 1 amide bonds. The highest BCUT2D eigenvalue weighted by Crippen LogP contribution is 2.13. The Kier molecular flexibility index (Phi) is 5.73. The van der Waals surface area contributed by atoms with Crippen molar-refractivity contribution in [1.29, 1.82) is 0 Å². The number of nitrogens with one attached hydrogen (secondary N) is 1. The number of methoxy groups -OCH3 is 1. The first-order valence-electron chi connectivity index (χ1n) is 5.18. The average Bonchev–Trinajstić information content (AvgIpc) is 2.38. The Hall–Kier alpha value is -1.47. The number of non-ortho nitro benzene ring substituents is 1. The van der Waals surface area contributed by atoms with Crippen LogP contribution >= 0.6 is 15.9 Å². The van der Waals surface area contributed by atoms with Crippen molar-refractivity contribution in [3.8, 4) is 0 Å². The molecule has 0 aromatic heterocycles. The molecule has 7 heteroatoms. The van der Waals surface area contributed by atoms with Gasteiger partial charge in [0.2, 0.25) is 0 Å². The third-order valence-corrected chi connectivity index (χ3v) is 2.99. The summed E-state index contributed by atoms with van der Waals surface area (Å²) in [7, 11) is 1.54. The fourth-order valence-electron chi connectivity index (χ4n) is 1.36. The highest BCUT2D eigenvalue weighted by molar-refractivity contribution is 9.09. The van der Waals surface area contributed by atoms with E-state index in [1.807, 2.05) is 0 Å². The number of carbonyl (C=O) groups excluding carboxylic acids is 1. The number of rotatable bonds is 6. The van der Waals surface area contributed by atoms with Crippen LogP contribution in [0.2, 0.25) is 0 Å². The van der Waals surface area contributed by atoms with Gasteiger partial charge in [0, 0.05) is 30.1 Å². The summed E-state index contributed by atoms with van der Waals surface area (Å²) in [5, 5.41) is 13.9. The zero-order valence-corrected chi connectivity index (χ0v) is 11.3. The quantitative estimate of drug-likeness (QED) is 0.492. The Morgan fingerprint density at radius 3 is 2.89 bits per heavy atom. The molecule has 1 N–H and O–H groups in total. The minimum absolute atomic E-state index is 0.107. The minimum Gasteiger partial charge on any atom is -0.383 e. The number of carbonyl (C=O) groups is 1. The molecule has 0 saturated carbocycles. The fourth-order valence-corrected chi connectivity index (χ4v) is 1.70. The Bertz CT molecular complexity index is 439. The second-order valence-corrected chi connectivity index (χ2v) is 4.23. The third-order valence-electron chi connectivity index (χ3n) is 2.21. The number of amides is 1. The zero-order chi connectivity index (χ0) is 13.5. The van der Waals surface area contributed by atoms with E-state index in [4.69, 9.17) is 4.74 Å². The number of hydrogen-bond acceptors (Lipinski definition) is 4. The molecule has 0 fully saturated rings. The van der Waals surface area contributed by atoms with E-state index in [-0.39, 0.29) is 23.2 Å². The van der Waals surface area contributed by atoms with E-state index in [1.165, 1.54) is 31.4 Å². The van der Waals surface area contributed by atoms with Crippen LogP contribution in [0, 0.1) is 10.1 Å². The lowest BCUT2D eigenvalue weighted by atomic mass is 10.2. The zero-order valence-electron chi connectivity index (χ0n) is 9.76. The molecule has 6 nitrogen and oxygen atoms in total. The van der Waals surface area contributed by atoms with Crippen LogP contribution in [0.25, 0.3) is 0 Å². The molecule has 1 unspecified atom stereocenters. The molecule has 0 aliphatic rings. The van der Waals surface area contributed by atoms with Gasteiger partial charge in [0.25, 0.3) is 11.6 Å². The van der Waals surface area contributed by atoms with E-state index in [0.29, 0.717) is 11.9 Å². The van der Waals surface area contributed by atoms with E-state index >= 15 is 0 Å². The number of ether oxygens (including phenoxy) is 1. The summed E-state index contributed by atoms with van der Waals surface area (Å²) in [6.45, 7) is 0.367. The first-order valence-corrected chi connectivity index (χ1v) is 6.31. The van der Waals surface area contributed by atoms with Crippen LogP contribution in [-0.4, -0.2) is 35.9 Å². The van der Waals surface area contributed by atoms with Crippen LogP contribution in [-0.2, 0) is 4.74 Å². The van der Waals surface area contributed by atoms with Gasteiger partial charge in [-0.15, -0.1) is 0 Å². The van der Waals surface area contributed by atoms with Crippen LogP contribution in [0.4, 0.5) is 5.69 Å². The molecule has 0 aliphatic carbocycles. The maximum absolute atomic E-state index is 11.9. The van der Waals surface area contributed by atoms with E-state index in [9.17, 15) is 14.9 Å². The van der Waals surface area contributed by atoms with Crippen LogP contribution < -0.4 is 5.32 Å². The molecular formula is C11H13BrN2O4. The molecule has 0 spiro atoms. The van der Waals surface area contributed by atoms with Crippen LogP contribution in [0.3, 0.4) is 0 Å². The van der Waals surface area contributed by atoms with Gasteiger partial charge >= 0.3 is 0 Å². The molecule has 0 aliphatic heterocycles. The molecule has 1 rings (SSSR count). The number of nitro groups is 1. The van der Waals surface area contributed by atoms with Crippen LogP contribution in [0.15, 0.2) is 24.3 Å². The topological polar surface area (TPSA) is 81.5 Å². The molecule has 1 aromatic carbocycles. The van der Waals surface area contributed by atoms with Crippen LogP contribution in [0.5, 0.6) is 0 Å². The lowest BCUT2D eigenvalue weighted by molar-refractivity contribution is -0.384. The van der Waals surface area contributed by atoms with Crippen molar-refractivity contribution in [3.05, 3.63) is 39.9 Å². The lowest BCUT2D eigenvalue weighted by Gasteiger charge is -2.14. The summed E-state index contributed by atoms with van der Waals surface area (Å²) in [4.78, 5) is 21.9. The maximum atomic E-state index is 11.9. The maximum Gasteiger partial charge on any atom is 0.270 e. The molecule has 0 saturated heterocycles. The lowest BCUT2D eigenvalue weighted by Crippen LogP contribution is -2.39. The second-order valence-electron chi connectivity index (χ2n) is 3.59. The van der Waals surface area contributed by atoms with Crippen molar-refractivity contribution in [3.63, 3.8) is 0 Å². The summed E-state index contributed by atoms with van der Waals surface area (Å²) >= 11 is 3.25. The second kappa shape index (κ2) is 7.07. The largest absolute Gasteiger partial charge is 0.383 e. The summed E-state index contributed by atoms with van der Waals surface area (Å²) in [6.07, 6.45) is 0. The summed E-state index contributed by atoms with van der Waals surface area (Å²) < 4.78 is 4.94. The van der Waals surface area contributed by atoms with Crippen molar-refractivity contribution in [2.24, 2.45) is 0 Å². The predicted molar refractivity (Wildman–Crippen MR) is 70.0 cm³/mol. The van der Waals surface area contributed by atoms with E-state index < -0.39 is 4.92 Å². The number of hydrogen-bond donors (Lipinski definition) is 1. The summed E-state index contributed by atoms with van der Waals surface area (Å²) in [6, 6.07) is 5.41. The molecule has 1 aromatic rings. The predicted octanol–water partition coefficient (Wildman–Crippen LogP) is 1.73. The van der Waals surface area contributed by atoms with Crippen molar-refractivity contribution in [1.82, 2.24) is 5.32 Å². The average molecular weight is 317 g/mol. The van der Waals surface area contributed by atoms with Gasteiger partial charge in [-0.2, -0.15) is 0 Å². The van der Waals surface area contributed by atoms with Crippen LogP contribution in [0.1, 0.15) is 10.4 Å². The van der Waals surface area contributed by atoms with E-state index in [2.05, 4.69) is 21.2 Å². The van der Waals surface area contributed by atoms with Gasteiger partial charge in [-0.3, -0.25) is 14.9 Å². The minimum atomic E-state index is -0.534. The Morgan fingerprint density at radius 2 is 2.33 bits per heavy atom. The standard InChI is InChI=1S/C11H13BrN2O4/c1-18-7-9(6-12)13-11(15)8-3-2-4-10(5-8)14(16)17/h2-5,9H,6-7H2,1H3,(H,13,15). The highest BCUT2D eigenvalue weighted by atomic mass is 79.9. The Balaban J connectivity index is 2.77. The van der Waals surface area contributed by atoms with E-state index in [0.717, 1.165) is 0 Å². The molecule has 98 valence electrons. The molecule has 18 heavy (non-hydrogen) atoms. The number of nitrogens with zero attached hydrogens (tertiary/aromatic N) is 1. The van der Waals surface area contributed by atoms with Gasteiger partial charge in [0.1, 0.15) is 0 Å². The first kappa shape index (κ1) is 14.6. The Morgan fingerprint density at radius 1 is 1.61 bits per heavy atom. The molecule has 0 heterocycles. The van der Waals surface area contributed by atoms with Gasteiger partial charge in [-0.25, -0.2) is 0 Å². The normalized spacial score (nSPS) is 11.9. The van der Waals surface area contributed by atoms with Gasteiger partial charge in [0.15, 0.2) is 0 Å². The van der Waals surface area contributed by atoms with Crippen molar-refractivity contribution in [2.75, 3.05) is 19.0 Å². The smallest absolute Gasteiger partial charge is 0.270 e. The molecular weight excluding hydrogens is 304 g/mol. The third kappa shape index (κ3) is 4.08. The fraction of sp³-hybridized carbons (Fsp3) is 0.364. The summed E-state index contributed by atoms with van der Waals surface area (Å²) in [5.74, 6) is -0.361.